The molecule has 1 N–H and O–H groups in total. The number of nitrogens with one attached hydrogen (secondary N) is 1. The van der Waals surface area contributed by atoms with Crippen LogP contribution in [0.4, 0.5) is 24.9 Å². The van der Waals surface area contributed by atoms with E-state index in [0.717, 1.165) is 18.9 Å². The van der Waals surface area contributed by atoms with Crippen LogP contribution in [0.25, 0.3) is 0 Å². The van der Waals surface area contributed by atoms with Gasteiger partial charge in [0.05, 0.1) is 0 Å². The maximum Gasteiger partial charge on any atom is 0.433 e. The van der Waals surface area contributed by atoms with Crippen molar-refractivity contribution in [3.63, 3.8) is 0 Å². The fraction of sp³-hybridized carbons (Fsp3) is 0.737. The van der Waals surface area contributed by atoms with Crippen LogP contribution in [0, 0.1) is 5.92 Å². The summed E-state index contributed by atoms with van der Waals surface area (Å²) in [4.78, 5) is 23.5. The van der Waals surface area contributed by atoms with E-state index in [-0.39, 0.29) is 23.7 Å². The minimum Gasteiger partial charge on any atom is -0.363 e. The molecule has 3 rings (SSSR count). The van der Waals surface area contributed by atoms with Crippen LogP contribution in [0.15, 0.2) is 6.07 Å². The van der Waals surface area contributed by atoms with E-state index in [9.17, 15) is 18.0 Å². The monoisotopic (exact) mass is 399 g/mol. The standard InChI is InChI=1S/C19H28F3N5O/c1-26(2)16-12-15(19(20,21)22)24-18(25-16)27-9-7-14(8-10-27)23-17(28)11-13-5-3-4-6-13/h12-14H,3-11H2,1-2H3,(H,23,28). The maximum absolute atomic E-state index is 13.2. The quantitative estimate of drug-likeness (QED) is 0.824. The molecule has 2 heterocycles. The normalized spacial score (nSPS) is 19.1. The van der Waals surface area contributed by atoms with Crippen molar-refractivity contribution in [2.75, 3.05) is 37.0 Å². The Morgan fingerprint density at radius 2 is 1.82 bits per heavy atom. The molecule has 1 aliphatic carbocycles. The van der Waals surface area contributed by atoms with Crippen LogP contribution in [-0.4, -0.2) is 49.1 Å². The summed E-state index contributed by atoms with van der Waals surface area (Å²) in [6.45, 7) is 1.03. The molecule has 1 amide bonds. The highest BCUT2D eigenvalue weighted by Crippen LogP contribution is 2.31. The van der Waals surface area contributed by atoms with Gasteiger partial charge in [0.1, 0.15) is 5.82 Å². The minimum absolute atomic E-state index is 0.0595. The highest BCUT2D eigenvalue weighted by molar-refractivity contribution is 5.76. The van der Waals surface area contributed by atoms with Gasteiger partial charge in [-0.3, -0.25) is 4.79 Å². The molecule has 0 spiro atoms. The van der Waals surface area contributed by atoms with Crippen LogP contribution >= 0.6 is 0 Å². The fourth-order valence-corrected chi connectivity index (χ4v) is 3.92. The molecule has 0 bridgehead atoms. The second-order valence-corrected chi connectivity index (χ2v) is 7.99. The summed E-state index contributed by atoms with van der Waals surface area (Å²) in [5.41, 5.74) is -0.937. The lowest BCUT2D eigenvalue weighted by Crippen LogP contribution is -2.45. The van der Waals surface area contributed by atoms with Crippen LogP contribution in [0.3, 0.4) is 0 Å². The summed E-state index contributed by atoms with van der Waals surface area (Å²) in [7, 11) is 3.30. The zero-order valence-electron chi connectivity index (χ0n) is 16.4. The summed E-state index contributed by atoms with van der Waals surface area (Å²) >= 11 is 0. The third-order valence-electron chi connectivity index (χ3n) is 5.54. The van der Waals surface area contributed by atoms with E-state index < -0.39 is 11.9 Å². The Bertz CT molecular complexity index is 681. The molecule has 156 valence electrons. The van der Waals surface area contributed by atoms with E-state index in [0.29, 0.717) is 38.3 Å². The molecule has 0 aromatic carbocycles. The average molecular weight is 399 g/mol. The lowest BCUT2D eigenvalue weighted by Gasteiger charge is -2.33. The number of carbonyl (C=O) groups excluding carboxylic acids is 1. The van der Waals surface area contributed by atoms with Crippen LogP contribution in [-0.2, 0) is 11.0 Å². The van der Waals surface area contributed by atoms with Gasteiger partial charge >= 0.3 is 6.18 Å². The lowest BCUT2D eigenvalue weighted by atomic mass is 10.0. The average Bonchev–Trinajstić information content (AvgIpc) is 3.14. The Labute approximate surface area is 163 Å². The largest absolute Gasteiger partial charge is 0.433 e. The molecule has 1 aromatic rings. The first kappa shape index (κ1) is 20.7. The number of rotatable bonds is 5. The van der Waals surface area contributed by atoms with E-state index in [1.165, 1.54) is 17.7 Å². The number of halogens is 3. The van der Waals surface area contributed by atoms with Crippen molar-refractivity contribution >= 4 is 17.7 Å². The second kappa shape index (κ2) is 8.53. The van der Waals surface area contributed by atoms with Gasteiger partial charge in [0, 0.05) is 45.7 Å². The number of hydrogen-bond donors (Lipinski definition) is 1. The van der Waals surface area contributed by atoms with Crippen LogP contribution in [0.1, 0.15) is 50.6 Å². The van der Waals surface area contributed by atoms with Crippen molar-refractivity contribution in [1.29, 1.82) is 0 Å². The molecular formula is C19H28F3N5O. The number of piperidine rings is 1. The Kier molecular flexibility index (Phi) is 6.30. The summed E-state index contributed by atoms with van der Waals surface area (Å²) in [6, 6.07) is 1.02. The molecule has 0 radical (unpaired) electrons. The number of carbonyl (C=O) groups is 1. The smallest absolute Gasteiger partial charge is 0.363 e. The molecule has 1 saturated heterocycles. The number of nitrogens with zero attached hydrogens (tertiary/aromatic N) is 4. The van der Waals surface area contributed by atoms with Crippen molar-refractivity contribution in [2.24, 2.45) is 5.92 Å². The molecule has 0 unspecified atom stereocenters. The van der Waals surface area contributed by atoms with Gasteiger partial charge in [0.15, 0.2) is 5.69 Å². The highest BCUT2D eigenvalue weighted by atomic mass is 19.4. The van der Waals surface area contributed by atoms with Crippen LogP contribution in [0.5, 0.6) is 0 Å². The molecule has 6 nitrogen and oxygen atoms in total. The molecule has 2 aliphatic rings. The van der Waals surface area contributed by atoms with Crippen LogP contribution < -0.4 is 15.1 Å². The molecule has 0 atom stereocenters. The molecule has 2 fully saturated rings. The van der Waals surface area contributed by atoms with Crippen molar-refractivity contribution in [3.8, 4) is 0 Å². The predicted octanol–water partition coefficient (Wildman–Crippen LogP) is 3.23. The van der Waals surface area contributed by atoms with Gasteiger partial charge in [-0.2, -0.15) is 18.2 Å². The number of hydrogen-bond acceptors (Lipinski definition) is 5. The van der Waals surface area contributed by atoms with Crippen LogP contribution in [0.2, 0.25) is 0 Å². The zero-order valence-corrected chi connectivity index (χ0v) is 16.4. The number of alkyl halides is 3. The van der Waals surface area contributed by atoms with Gasteiger partial charge in [-0.05, 0) is 31.6 Å². The summed E-state index contributed by atoms with van der Waals surface area (Å²) < 4.78 is 39.5. The van der Waals surface area contributed by atoms with Gasteiger partial charge in [-0.25, -0.2) is 4.98 Å². The first-order valence-corrected chi connectivity index (χ1v) is 9.90. The number of anilines is 2. The fourth-order valence-electron chi connectivity index (χ4n) is 3.92. The summed E-state index contributed by atoms with van der Waals surface area (Å²) in [5, 5.41) is 3.09. The number of aromatic nitrogens is 2. The van der Waals surface area contributed by atoms with Gasteiger partial charge in [-0.15, -0.1) is 0 Å². The Balaban J connectivity index is 1.59. The molecule has 1 saturated carbocycles. The molecule has 28 heavy (non-hydrogen) atoms. The highest BCUT2D eigenvalue weighted by Gasteiger charge is 2.35. The molecule has 1 aromatic heterocycles. The molecule has 1 aliphatic heterocycles. The molecular weight excluding hydrogens is 371 g/mol. The number of amides is 1. The van der Waals surface area contributed by atoms with E-state index in [1.54, 1.807) is 19.0 Å². The maximum atomic E-state index is 13.2. The van der Waals surface area contributed by atoms with Gasteiger partial charge in [0.25, 0.3) is 0 Å². The van der Waals surface area contributed by atoms with E-state index in [2.05, 4.69) is 15.3 Å². The Morgan fingerprint density at radius 3 is 2.39 bits per heavy atom. The van der Waals surface area contributed by atoms with E-state index in [1.807, 2.05) is 0 Å². The first-order chi connectivity index (χ1) is 13.2. The van der Waals surface area contributed by atoms with Crippen molar-refractivity contribution in [3.05, 3.63) is 11.8 Å². The third-order valence-corrected chi connectivity index (χ3v) is 5.54. The van der Waals surface area contributed by atoms with Crippen molar-refractivity contribution < 1.29 is 18.0 Å². The predicted molar refractivity (Wildman–Crippen MR) is 101 cm³/mol. The zero-order chi connectivity index (χ0) is 20.3. The second-order valence-electron chi connectivity index (χ2n) is 7.99. The first-order valence-electron chi connectivity index (χ1n) is 9.90. The summed E-state index contributed by atoms with van der Waals surface area (Å²) in [6.07, 6.45) is 2.10. The summed E-state index contributed by atoms with van der Waals surface area (Å²) in [5.74, 6) is 0.914. The van der Waals surface area contributed by atoms with Crippen molar-refractivity contribution in [1.82, 2.24) is 15.3 Å². The van der Waals surface area contributed by atoms with Gasteiger partial charge < -0.3 is 15.1 Å². The van der Waals surface area contributed by atoms with Gasteiger partial charge in [-0.1, -0.05) is 12.8 Å². The van der Waals surface area contributed by atoms with Gasteiger partial charge in [0.2, 0.25) is 11.9 Å². The Morgan fingerprint density at radius 1 is 1.18 bits per heavy atom. The topological polar surface area (TPSA) is 61.4 Å². The van der Waals surface area contributed by atoms with Crippen molar-refractivity contribution in [2.45, 2.75) is 57.2 Å². The SMILES string of the molecule is CN(C)c1cc(C(F)(F)F)nc(N2CCC(NC(=O)CC3CCCC3)CC2)n1. The third kappa shape index (κ3) is 5.26. The van der Waals surface area contributed by atoms with E-state index >= 15 is 0 Å². The lowest BCUT2D eigenvalue weighted by molar-refractivity contribution is -0.141. The van der Waals surface area contributed by atoms with E-state index in [4.69, 9.17) is 0 Å². The Hall–Kier alpha value is -2.06. The minimum atomic E-state index is -4.52. The molecule has 9 heteroatoms.